The summed E-state index contributed by atoms with van der Waals surface area (Å²) in [5.41, 5.74) is 0. The van der Waals surface area contributed by atoms with E-state index in [-0.39, 0.29) is 6.04 Å². The van der Waals surface area contributed by atoms with Crippen LogP contribution in [0, 0.1) is 5.92 Å². The lowest BCUT2D eigenvalue weighted by Gasteiger charge is -2.23. The fourth-order valence-electron chi connectivity index (χ4n) is 2.45. The van der Waals surface area contributed by atoms with Crippen molar-refractivity contribution in [2.75, 3.05) is 13.1 Å². The number of nitrogens with zero attached hydrogens (tertiary/aromatic N) is 1. The average molecular weight is 262 g/mol. The van der Waals surface area contributed by atoms with Crippen LogP contribution in [0.1, 0.15) is 52.9 Å². The van der Waals surface area contributed by atoms with Crippen molar-refractivity contribution in [3.8, 4) is 0 Å². The van der Waals surface area contributed by atoms with Gasteiger partial charge in [0.2, 0.25) is 0 Å². The summed E-state index contributed by atoms with van der Waals surface area (Å²) >= 11 is 0. The molecule has 0 aromatic heterocycles. The van der Waals surface area contributed by atoms with Crippen LogP contribution in [0.15, 0.2) is 0 Å². The Labute approximate surface area is 106 Å². The third kappa shape index (κ3) is 4.56. The molecule has 0 aromatic rings. The Hall–Kier alpha value is -0.130. The van der Waals surface area contributed by atoms with E-state index in [4.69, 9.17) is 0 Å². The SMILES string of the molecule is CCCN(CCC)S(=O)(=O)NC1CCC(C)C1. The smallest absolute Gasteiger partial charge is 0.199 e. The van der Waals surface area contributed by atoms with E-state index in [1.165, 1.54) is 0 Å². The molecule has 0 heterocycles. The summed E-state index contributed by atoms with van der Waals surface area (Å²) in [6.45, 7) is 7.44. The van der Waals surface area contributed by atoms with E-state index in [9.17, 15) is 8.42 Å². The highest BCUT2D eigenvalue weighted by molar-refractivity contribution is 7.87. The highest BCUT2D eigenvalue weighted by atomic mass is 32.2. The molecule has 2 atom stereocenters. The second-order valence-corrected chi connectivity index (χ2v) is 6.84. The molecular formula is C12H26N2O2S. The van der Waals surface area contributed by atoms with Crippen molar-refractivity contribution >= 4 is 10.2 Å². The molecule has 0 bridgehead atoms. The van der Waals surface area contributed by atoms with Gasteiger partial charge in [-0.25, -0.2) is 0 Å². The molecule has 1 fully saturated rings. The summed E-state index contributed by atoms with van der Waals surface area (Å²) in [7, 11) is -3.27. The molecule has 17 heavy (non-hydrogen) atoms. The van der Waals surface area contributed by atoms with Gasteiger partial charge in [0, 0.05) is 19.1 Å². The predicted molar refractivity (Wildman–Crippen MR) is 71.0 cm³/mol. The van der Waals surface area contributed by atoms with Gasteiger partial charge in [0.1, 0.15) is 0 Å². The molecule has 2 unspecified atom stereocenters. The molecule has 1 saturated carbocycles. The van der Waals surface area contributed by atoms with E-state index in [0.717, 1.165) is 32.1 Å². The van der Waals surface area contributed by atoms with Gasteiger partial charge in [0.05, 0.1) is 0 Å². The molecule has 0 aliphatic heterocycles. The summed E-state index contributed by atoms with van der Waals surface area (Å²) in [5.74, 6) is 0.647. The van der Waals surface area contributed by atoms with Gasteiger partial charge in [-0.2, -0.15) is 17.4 Å². The fraction of sp³-hybridized carbons (Fsp3) is 1.00. The Bertz CT molecular complexity index is 310. The Morgan fingerprint density at radius 3 is 2.18 bits per heavy atom. The van der Waals surface area contributed by atoms with Crippen molar-refractivity contribution in [1.82, 2.24) is 9.03 Å². The van der Waals surface area contributed by atoms with Crippen molar-refractivity contribution < 1.29 is 8.42 Å². The van der Waals surface area contributed by atoms with E-state index in [2.05, 4.69) is 11.6 Å². The molecule has 0 saturated heterocycles. The normalized spacial score (nSPS) is 25.6. The van der Waals surface area contributed by atoms with E-state index >= 15 is 0 Å². The van der Waals surface area contributed by atoms with Crippen molar-refractivity contribution in [2.24, 2.45) is 5.92 Å². The summed E-state index contributed by atoms with van der Waals surface area (Å²) in [6, 6.07) is 0.145. The van der Waals surface area contributed by atoms with Gasteiger partial charge < -0.3 is 0 Å². The Balaban J connectivity index is 2.58. The van der Waals surface area contributed by atoms with Crippen LogP contribution in [0.4, 0.5) is 0 Å². The third-order valence-electron chi connectivity index (χ3n) is 3.30. The zero-order valence-electron chi connectivity index (χ0n) is 11.3. The first-order valence-corrected chi connectivity index (χ1v) is 8.21. The van der Waals surface area contributed by atoms with Gasteiger partial charge >= 0.3 is 0 Å². The number of hydrogen-bond acceptors (Lipinski definition) is 2. The second-order valence-electron chi connectivity index (χ2n) is 5.14. The molecule has 0 amide bonds. The highest BCUT2D eigenvalue weighted by Gasteiger charge is 2.28. The van der Waals surface area contributed by atoms with Gasteiger partial charge in [-0.15, -0.1) is 0 Å². The zero-order valence-corrected chi connectivity index (χ0v) is 12.1. The number of hydrogen-bond donors (Lipinski definition) is 1. The fourth-order valence-corrected chi connectivity index (χ4v) is 4.08. The molecule has 1 rings (SSSR count). The first kappa shape index (κ1) is 14.9. The largest absolute Gasteiger partial charge is 0.279 e. The Morgan fingerprint density at radius 1 is 1.18 bits per heavy atom. The van der Waals surface area contributed by atoms with Crippen LogP contribution in [-0.2, 0) is 10.2 Å². The van der Waals surface area contributed by atoms with Crippen LogP contribution >= 0.6 is 0 Å². The van der Waals surface area contributed by atoms with Crippen LogP contribution in [0.25, 0.3) is 0 Å². The molecule has 5 heteroatoms. The standard InChI is InChI=1S/C12H26N2O2S/c1-4-8-14(9-5-2)17(15,16)13-12-7-6-11(3)10-12/h11-13H,4-10H2,1-3H3. The van der Waals surface area contributed by atoms with Gasteiger partial charge in [-0.1, -0.05) is 20.8 Å². The predicted octanol–water partition coefficient (Wildman–Crippen LogP) is 2.13. The first-order valence-electron chi connectivity index (χ1n) is 6.77. The van der Waals surface area contributed by atoms with E-state index in [1.54, 1.807) is 4.31 Å². The van der Waals surface area contributed by atoms with Crippen molar-refractivity contribution in [3.05, 3.63) is 0 Å². The Morgan fingerprint density at radius 2 is 1.76 bits per heavy atom. The number of nitrogens with one attached hydrogen (secondary N) is 1. The lowest BCUT2D eigenvalue weighted by molar-refractivity contribution is 0.394. The second kappa shape index (κ2) is 6.71. The van der Waals surface area contributed by atoms with Gasteiger partial charge in [0.25, 0.3) is 10.2 Å². The van der Waals surface area contributed by atoms with E-state index in [0.29, 0.717) is 19.0 Å². The van der Waals surface area contributed by atoms with Gasteiger partial charge in [0.15, 0.2) is 0 Å². The van der Waals surface area contributed by atoms with Gasteiger partial charge in [-0.3, -0.25) is 0 Å². The van der Waals surface area contributed by atoms with Crippen molar-refractivity contribution in [3.63, 3.8) is 0 Å². The van der Waals surface area contributed by atoms with Crippen LogP contribution in [-0.4, -0.2) is 31.9 Å². The molecular weight excluding hydrogens is 236 g/mol. The highest BCUT2D eigenvalue weighted by Crippen LogP contribution is 2.25. The summed E-state index contributed by atoms with van der Waals surface area (Å²) < 4.78 is 28.8. The Kier molecular flexibility index (Phi) is 5.89. The van der Waals surface area contributed by atoms with Crippen LogP contribution in [0.5, 0.6) is 0 Å². The topological polar surface area (TPSA) is 49.4 Å². The minimum atomic E-state index is -3.27. The van der Waals surface area contributed by atoms with E-state index < -0.39 is 10.2 Å². The molecule has 1 aliphatic carbocycles. The zero-order chi connectivity index (χ0) is 12.9. The molecule has 0 aromatic carbocycles. The maximum atomic E-state index is 12.2. The first-order chi connectivity index (χ1) is 7.99. The quantitative estimate of drug-likeness (QED) is 0.764. The molecule has 0 radical (unpaired) electrons. The summed E-state index contributed by atoms with van der Waals surface area (Å²) in [4.78, 5) is 0. The van der Waals surface area contributed by atoms with Crippen molar-refractivity contribution in [1.29, 1.82) is 0 Å². The molecule has 4 nitrogen and oxygen atoms in total. The summed E-state index contributed by atoms with van der Waals surface area (Å²) in [6.07, 6.45) is 4.82. The monoisotopic (exact) mass is 262 g/mol. The van der Waals surface area contributed by atoms with Gasteiger partial charge in [-0.05, 0) is 38.0 Å². The minimum absolute atomic E-state index is 0.145. The van der Waals surface area contributed by atoms with Crippen LogP contribution in [0.2, 0.25) is 0 Å². The van der Waals surface area contributed by atoms with Crippen LogP contribution < -0.4 is 4.72 Å². The molecule has 1 N–H and O–H groups in total. The van der Waals surface area contributed by atoms with Crippen molar-refractivity contribution in [2.45, 2.75) is 58.9 Å². The molecule has 102 valence electrons. The van der Waals surface area contributed by atoms with E-state index in [1.807, 2.05) is 13.8 Å². The average Bonchev–Trinajstić information content (AvgIpc) is 2.63. The minimum Gasteiger partial charge on any atom is -0.199 e. The molecule has 0 spiro atoms. The maximum Gasteiger partial charge on any atom is 0.279 e. The lowest BCUT2D eigenvalue weighted by atomic mass is 10.1. The lowest BCUT2D eigenvalue weighted by Crippen LogP contribution is -2.45. The maximum absolute atomic E-state index is 12.2. The molecule has 1 aliphatic rings. The summed E-state index contributed by atoms with van der Waals surface area (Å²) in [5, 5.41) is 0. The van der Waals surface area contributed by atoms with Crippen LogP contribution in [0.3, 0.4) is 0 Å². The third-order valence-corrected chi connectivity index (χ3v) is 4.97. The number of rotatable bonds is 7.